The Hall–Kier alpha value is -2.52. The Labute approximate surface area is 164 Å². The average molecular weight is 406 g/mol. The summed E-state index contributed by atoms with van der Waals surface area (Å²) < 4.78 is 39.7. The smallest absolute Gasteiger partial charge is 0.251 e. The monoisotopic (exact) mass is 406 g/mol. The van der Waals surface area contributed by atoms with Crippen molar-refractivity contribution in [1.29, 1.82) is 0 Å². The van der Waals surface area contributed by atoms with Crippen LogP contribution in [-0.2, 0) is 10.0 Å². The molecule has 2 heterocycles. The number of aromatic nitrogens is 1. The lowest BCUT2D eigenvalue weighted by Gasteiger charge is -2.34. The van der Waals surface area contributed by atoms with Gasteiger partial charge in [0.1, 0.15) is 11.6 Å². The number of hydrogen-bond acceptors (Lipinski definition) is 5. The number of nitrogens with zero attached hydrogens (tertiary/aromatic N) is 3. The van der Waals surface area contributed by atoms with Gasteiger partial charge >= 0.3 is 0 Å². The van der Waals surface area contributed by atoms with Crippen molar-refractivity contribution in [2.45, 2.75) is 6.42 Å². The standard InChI is InChI=1S/C19H23FN4O3S/c20-17-6-3-5-16(15-17)19(25)22-9-4-14-28(26,27)24-12-10-23(11-13-24)18-7-1-2-8-21-18/h1-3,5-8,15H,4,9-14H2,(H,22,25). The molecule has 1 amide bonds. The van der Waals surface area contributed by atoms with Crippen LogP contribution in [0.25, 0.3) is 0 Å². The third kappa shape index (κ3) is 5.26. The topological polar surface area (TPSA) is 82.6 Å². The summed E-state index contributed by atoms with van der Waals surface area (Å²) >= 11 is 0. The Bertz CT molecular complexity index is 900. The molecule has 1 aliphatic heterocycles. The number of rotatable bonds is 7. The molecule has 1 N–H and O–H groups in total. The lowest BCUT2D eigenvalue weighted by atomic mass is 10.2. The Morgan fingerprint density at radius 1 is 1.11 bits per heavy atom. The molecule has 150 valence electrons. The molecule has 28 heavy (non-hydrogen) atoms. The summed E-state index contributed by atoms with van der Waals surface area (Å²) in [6.45, 7) is 2.21. The summed E-state index contributed by atoms with van der Waals surface area (Å²) in [5.74, 6) is -0.0967. The van der Waals surface area contributed by atoms with Crippen LogP contribution in [0.5, 0.6) is 0 Å². The molecule has 7 nitrogen and oxygen atoms in total. The van der Waals surface area contributed by atoms with Crippen molar-refractivity contribution in [3.8, 4) is 0 Å². The first kappa shape index (κ1) is 20.2. The van der Waals surface area contributed by atoms with E-state index in [1.54, 1.807) is 6.20 Å². The highest BCUT2D eigenvalue weighted by molar-refractivity contribution is 7.89. The maximum atomic E-state index is 13.1. The fourth-order valence-corrected chi connectivity index (χ4v) is 4.54. The zero-order valence-electron chi connectivity index (χ0n) is 15.4. The number of carbonyl (C=O) groups excluding carboxylic acids is 1. The molecular weight excluding hydrogens is 383 g/mol. The summed E-state index contributed by atoms with van der Waals surface area (Å²) in [5.41, 5.74) is 0.216. The first-order chi connectivity index (χ1) is 13.5. The van der Waals surface area contributed by atoms with E-state index < -0.39 is 21.7 Å². The number of amides is 1. The number of halogens is 1. The lowest BCUT2D eigenvalue weighted by Crippen LogP contribution is -2.49. The van der Waals surface area contributed by atoms with Crippen molar-refractivity contribution < 1.29 is 17.6 Å². The fourth-order valence-electron chi connectivity index (χ4n) is 3.05. The third-order valence-electron chi connectivity index (χ3n) is 4.56. The van der Waals surface area contributed by atoms with Gasteiger partial charge in [0.2, 0.25) is 10.0 Å². The molecule has 1 fully saturated rings. The highest BCUT2D eigenvalue weighted by Crippen LogP contribution is 2.15. The first-order valence-electron chi connectivity index (χ1n) is 9.13. The number of pyridine rings is 1. The molecule has 1 aromatic heterocycles. The Morgan fingerprint density at radius 3 is 2.57 bits per heavy atom. The minimum Gasteiger partial charge on any atom is -0.354 e. The van der Waals surface area contributed by atoms with Crippen LogP contribution in [0.4, 0.5) is 10.2 Å². The fraction of sp³-hybridized carbons (Fsp3) is 0.368. The lowest BCUT2D eigenvalue weighted by molar-refractivity contribution is 0.0953. The minimum atomic E-state index is -3.38. The predicted molar refractivity (Wildman–Crippen MR) is 105 cm³/mol. The number of benzene rings is 1. The normalized spacial score (nSPS) is 15.4. The highest BCUT2D eigenvalue weighted by Gasteiger charge is 2.26. The van der Waals surface area contributed by atoms with E-state index in [2.05, 4.69) is 15.2 Å². The molecule has 0 atom stereocenters. The molecule has 1 saturated heterocycles. The van der Waals surface area contributed by atoms with Gasteiger partial charge in [0, 0.05) is 44.5 Å². The minimum absolute atomic E-state index is 0.0416. The highest BCUT2D eigenvalue weighted by atomic mass is 32.2. The molecule has 0 saturated carbocycles. The summed E-state index contributed by atoms with van der Waals surface area (Å²) in [6.07, 6.45) is 2.01. The zero-order chi connectivity index (χ0) is 20.0. The molecular formula is C19H23FN4O3S. The van der Waals surface area contributed by atoms with Gasteiger partial charge in [0.25, 0.3) is 5.91 Å². The van der Waals surface area contributed by atoms with Gasteiger partial charge in [-0.05, 0) is 36.8 Å². The summed E-state index contributed by atoms with van der Waals surface area (Å²) in [6, 6.07) is 11.0. The maximum Gasteiger partial charge on any atom is 0.251 e. The van der Waals surface area contributed by atoms with Crippen molar-refractivity contribution in [2.24, 2.45) is 0 Å². The van der Waals surface area contributed by atoms with E-state index in [9.17, 15) is 17.6 Å². The van der Waals surface area contributed by atoms with E-state index in [-0.39, 0.29) is 17.9 Å². The van der Waals surface area contributed by atoms with Gasteiger partial charge in [0.05, 0.1) is 5.75 Å². The Balaban J connectivity index is 1.43. The van der Waals surface area contributed by atoms with Gasteiger partial charge in [-0.25, -0.2) is 17.8 Å². The molecule has 0 aliphatic carbocycles. The Morgan fingerprint density at radius 2 is 1.89 bits per heavy atom. The van der Waals surface area contributed by atoms with Crippen LogP contribution in [0.3, 0.4) is 0 Å². The third-order valence-corrected chi connectivity index (χ3v) is 6.51. The SMILES string of the molecule is O=C(NCCCS(=O)(=O)N1CCN(c2ccccn2)CC1)c1cccc(F)c1. The molecule has 0 spiro atoms. The van der Waals surface area contributed by atoms with E-state index in [0.29, 0.717) is 32.6 Å². The van der Waals surface area contributed by atoms with E-state index in [1.165, 1.54) is 22.5 Å². The van der Waals surface area contributed by atoms with Gasteiger partial charge in [-0.15, -0.1) is 0 Å². The molecule has 9 heteroatoms. The van der Waals surface area contributed by atoms with Crippen LogP contribution >= 0.6 is 0 Å². The van der Waals surface area contributed by atoms with Gasteiger partial charge in [0.15, 0.2) is 0 Å². The molecule has 1 aromatic carbocycles. The van der Waals surface area contributed by atoms with Crippen LogP contribution in [0.15, 0.2) is 48.7 Å². The van der Waals surface area contributed by atoms with E-state index in [0.717, 1.165) is 11.9 Å². The Kier molecular flexibility index (Phi) is 6.58. The number of hydrogen-bond donors (Lipinski definition) is 1. The van der Waals surface area contributed by atoms with E-state index >= 15 is 0 Å². The van der Waals surface area contributed by atoms with Crippen LogP contribution in [0, 0.1) is 5.82 Å². The number of carbonyl (C=O) groups is 1. The average Bonchev–Trinajstić information content (AvgIpc) is 2.72. The molecule has 0 radical (unpaired) electrons. The second kappa shape index (κ2) is 9.11. The van der Waals surface area contributed by atoms with E-state index in [4.69, 9.17) is 0 Å². The van der Waals surface area contributed by atoms with Crippen molar-refractivity contribution in [1.82, 2.24) is 14.6 Å². The van der Waals surface area contributed by atoms with Gasteiger partial charge in [-0.3, -0.25) is 4.79 Å². The summed E-state index contributed by atoms with van der Waals surface area (Å²) in [5, 5.41) is 2.63. The molecule has 0 unspecified atom stereocenters. The number of sulfonamides is 1. The molecule has 3 rings (SSSR count). The van der Waals surface area contributed by atoms with Crippen molar-refractivity contribution in [3.63, 3.8) is 0 Å². The van der Waals surface area contributed by atoms with Crippen LogP contribution in [-0.4, -0.2) is 62.1 Å². The first-order valence-corrected chi connectivity index (χ1v) is 10.7. The molecule has 1 aliphatic rings. The quantitative estimate of drug-likeness (QED) is 0.705. The number of nitrogens with one attached hydrogen (secondary N) is 1. The predicted octanol–water partition coefficient (Wildman–Crippen LogP) is 1.49. The number of piperazine rings is 1. The second-order valence-corrected chi connectivity index (χ2v) is 8.60. The largest absolute Gasteiger partial charge is 0.354 e. The summed E-state index contributed by atoms with van der Waals surface area (Å²) in [4.78, 5) is 18.3. The summed E-state index contributed by atoms with van der Waals surface area (Å²) in [7, 11) is -3.38. The molecule has 0 bridgehead atoms. The van der Waals surface area contributed by atoms with Gasteiger partial charge in [-0.2, -0.15) is 4.31 Å². The van der Waals surface area contributed by atoms with Gasteiger partial charge in [-0.1, -0.05) is 12.1 Å². The van der Waals surface area contributed by atoms with Crippen molar-refractivity contribution in [3.05, 3.63) is 60.0 Å². The van der Waals surface area contributed by atoms with Gasteiger partial charge < -0.3 is 10.2 Å². The second-order valence-electron chi connectivity index (χ2n) is 6.51. The van der Waals surface area contributed by atoms with Crippen molar-refractivity contribution in [2.75, 3.05) is 43.4 Å². The zero-order valence-corrected chi connectivity index (χ0v) is 16.2. The van der Waals surface area contributed by atoms with Crippen LogP contribution < -0.4 is 10.2 Å². The van der Waals surface area contributed by atoms with E-state index in [1.807, 2.05) is 18.2 Å². The molecule has 2 aromatic rings. The maximum absolute atomic E-state index is 13.1. The van der Waals surface area contributed by atoms with Crippen molar-refractivity contribution >= 4 is 21.7 Å². The van der Waals surface area contributed by atoms with Crippen LogP contribution in [0.2, 0.25) is 0 Å². The van der Waals surface area contributed by atoms with Crippen LogP contribution in [0.1, 0.15) is 16.8 Å². The number of anilines is 1.